The fraction of sp³-hybridized carbons (Fsp3) is 0.0909. The van der Waals surface area contributed by atoms with Crippen LogP contribution in [-0.4, -0.2) is 11.5 Å². The van der Waals surface area contributed by atoms with Crippen molar-refractivity contribution in [2.45, 2.75) is 6.92 Å². The Hall–Kier alpha value is -1.70. The highest BCUT2D eigenvalue weighted by molar-refractivity contribution is 6.50. The maximum Gasteiger partial charge on any atom is 0.211 e. The maximum absolute atomic E-state index is 11.5. The molecule has 0 spiro atoms. The number of ketones is 1. The van der Waals surface area contributed by atoms with Gasteiger partial charge >= 0.3 is 0 Å². The van der Waals surface area contributed by atoms with E-state index in [0.29, 0.717) is 5.57 Å². The molecule has 0 bridgehead atoms. The number of carbonyl (C=O) groups excluding carboxylic acids is 1. The topological polar surface area (TPSA) is 40.9 Å². The van der Waals surface area contributed by atoms with Crippen molar-refractivity contribution in [3.05, 3.63) is 48.1 Å². The molecule has 0 atom stereocenters. The van der Waals surface area contributed by atoms with Crippen LogP contribution in [0.25, 0.3) is 0 Å². The number of carbonyl (C=O) groups is 1. The summed E-state index contributed by atoms with van der Waals surface area (Å²) in [6.07, 6.45) is 8.31. The minimum Gasteiger partial charge on any atom is -0.297 e. The summed E-state index contributed by atoms with van der Waals surface area (Å²) in [6, 6.07) is 0. The van der Waals surface area contributed by atoms with Crippen LogP contribution in [0.3, 0.4) is 0 Å². The highest BCUT2D eigenvalue weighted by Crippen LogP contribution is 2.18. The summed E-state index contributed by atoms with van der Waals surface area (Å²) in [5, 5.41) is 7.33. The van der Waals surface area contributed by atoms with E-state index in [1.54, 1.807) is 18.2 Å². The Morgan fingerprint density at radius 1 is 1.46 bits per heavy atom. The van der Waals surface area contributed by atoms with Gasteiger partial charge in [0.2, 0.25) is 5.78 Å². The molecule has 0 radical (unpaired) electrons. The zero-order chi connectivity index (χ0) is 9.84. The predicted octanol–water partition coefficient (Wildman–Crippen LogP) is 2.20. The summed E-state index contributed by atoms with van der Waals surface area (Å²) in [5.74, 6) is -0.240. The standard InChI is InChI=1S/C11H11NO/c1-3-5-9-8(4-2)6-7-10(12)11(9)13/h3-7,12H,1H2,2H3/b8-4-,9-5+,12-10?. The van der Waals surface area contributed by atoms with Crippen molar-refractivity contribution in [3.8, 4) is 0 Å². The molecule has 0 aromatic rings. The van der Waals surface area contributed by atoms with Crippen molar-refractivity contribution in [2.24, 2.45) is 0 Å². The summed E-state index contributed by atoms with van der Waals surface area (Å²) >= 11 is 0. The first-order chi connectivity index (χ1) is 6.20. The molecule has 1 aliphatic rings. The molecule has 0 aromatic heterocycles. The van der Waals surface area contributed by atoms with E-state index in [0.717, 1.165) is 5.57 Å². The van der Waals surface area contributed by atoms with Crippen LogP contribution in [0.1, 0.15) is 6.92 Å². The van der Waals surface area contributed by atoms with Gasteiger partial charge in [-0.15, -0.1) is 0 Å². The van der Waals surface area contributed by atoms with E-state index in [-0.39, 0.29) is 11.5 Å². The molecule has 2 nitrogen and oxygen atoms in total. The Morgan fingerprint density at radius 3 is 2.69 bits per heavy atom. The summed E-state index contributed by atoms with van der Waals surface area (Å²) in [6.45, 7) is 5.39. The van der Waals surface area contributed by atoms with E-state index in [2.05, 4.69) is 6.58 Å². The second kappa shape index (κ2) is 3.81. The molecule has 0 fully saturated rings. The normalized spacial score (nSPS) is 22.8. The molecule has 0 saturated carbocycles. The van der Waals surface area contributed by atoms with Crippen molar-refractivity contribution in [1.29, 1.82) is 5.41 Å². The fourth-order valence-corrected chi connectivity index (χ4v) is 1.16. The molecule has 1 aliphatic carbocycles. The molecule has 0 aliphatic heterocycles. The third kappa shape index (κ3) is 1.72. The lowest BCUT2D eigenvalue weighted by molar-refractivity contribution is -0.109. The predicted molar refractivity (Wildman–Crippen MR) is 53.9 cm³/mol. The van der Waals surface area contributed by atoms with Gasteiger partial charge in [0, 0.05) is 5.57 Å². The van der Waals surface area contributed by atoms with Crippen molar-refractivity contribution in [3.63, 3.8) is 0 Å². The maximum atomic E-state index is 11.5. The third-order valence-corrected chi connectivity index (χ3v) is 1.83. The quantitative estimate of drug-likeness (QED) is 0.607. The fourth-order valence-electron chi connectivity index (χ4n) is 1.16. The summed E-state index contributed by atoms with van der Waals surface area (Å²) in [4.78, 5) is 11.5. The van der Waals surface area contributed by atoms with Gasteiger partial charge in [-0.2, -0.15) is 0 Å². The Labute approximate surface area is 77.5 Å². The van der Waals surface area contributed by atoms with Crippen LogP contribution in [0, 0.1) is 5.41 Å². The highest BCUT2D eigenvalue weighted by atomic mass is 16.1. The van der Waals surface area contributed by atoms with Gasteiger partial charge in [-0.1, -0.05) is 30.9 Å². The zero-order valence-electron chi connectivity index (χ0n) is 7.50. The molecule has 2 heteroatoms. The summed E-state index contributed by atoms with van der Waals surface area (Å²) in [5.41, 5.74) is 1.42. The lowest BCUT2D eigenvalue weighted by Gasteiger charge is -2.10. The van der Waals surface area contributed by atoms with Crippen LogP contribution >= 0.6 is 0 Å². The van der Waals surface area contributed by atoms with E-state index in [9.17, 15) is 4.79 Å². The lowest BCUT2D eigenvalue weighted by Crippen LogP contribution is -2.17. The molecular weight excluding hydrogens is 162 g/mol. The van der Waals surface area contributed by atoms with Gasteiger partial charge in [0.05, 0.1) is 0 Å². The first kappa shape index (κ1) is 9.39. The van der Waals surface area contributed by atoms with Crippen molar-refractivity contribution < 1.29 is 4.79 Å². The van der Waals surface area contributed by atoms with Gasteiger partial charge in [0.25, 0.3) is 0 Å². The zero-order valence-corrected chi connectivity index (χ0v) is 7.50. The van der Waals surface area contributed by atoms with Crippen LogP contribution < -0.4 is 0 Å². The van der Waals surface area contributed by atoms with Crippen molar-refractivity contribution in [1.82, 2.24) is 0 Å². The Bertz CT molecular complexity index is 356. The molecule has 0 saturated heterocycles. The molecule has 0 aromatic carbocycles. The lowest BCUT2D eigenvalue weighted by atomic mass is 9.92. The molecular formula is C11H11NO. The third-order valence-electron chi connectivity index (χ3n) is 1.83. The van der Waals surface area contributed by atoms with E-state index < -0.39 is 0 Å². The average Bonchev–Trinajstić information content (AvgIpc) is 2.14. The molecule has 0 amide bonds. The number of nitrogens with one attached hydrogen (secondary N) is 1. The molecule has 13 heavy (non-hydrogen) atoms. The minimum absolute atomic E-state index is 0.0266. The largest absolute Gasteiger partial charge is 0.297 e. The van der Waals surface area contributed by atoms with E-state index in [4.69, 9.17) is 5.41 Å². The monoisotopic (exact) mass is 173 g/mol. The minimum atomic E-state index is -0.240. The first-order valence-corrected chi connectivity index (χ1v) is 4.01. The van der Waals surface area contributed by atoms with Gasteiger partial charge in [-0.3, -0.25) is 10.2 Å². The van der Waals surface area contributed by atoms with Gasteiger partial charge in [-0.05, 0) is 18.6 Å². The van der Waals surface area contributed by atoms with E-state index in [1.807, 2.05) is 13.0 Å². The number of allylic oxidation sites excluding steroid dienone is 7. The van der Waals surface area contributed by atoms with Crippen LogP contribution in [0.5, 0.6) is 0 Å². The first-order valence-electron chi connectivity index (χ1n) is 4.01. The Morgan fingerprint density at radius 2 is 2.15 bits per heavy atom. The summed E-state index contributed by atoms with van der Waals surface area (Å²) in [7, 11) is 0. The molecule has 66 valence electrons. The average molecular weight is 173 g/mol. The number of Topliss-reactive ketones (excluding diaryl/α,β-unsaturated/α-hetero) is 1. The van der Waals surface area contributed by atoms with Gasteiger partial charge in [0.15, 0.2) is 0 Å². The number of hydrogen-bond acceptors (Lipinski definition) is 2. The second-order valence-corrected chi connectivity index (χ2v) is 2.64. The van der Waals surface area contributed by atoms with E-state index in [1.165, 1.54) is 6.08 Å². The number of rotatable bonds is 1. The van der Waals surface area contributed by atoms with Crippen LogP contribution in [0.15, 0.2) is 48.1 Å². The highest BCUT2D eigenvalue weighted by Gasteiger charge is 2.18. The van der Waals surface area contributed by atoms with Gasteiger partial charge in [0.1, 0.15) is 5.71 Å². The molecule has 1 N–H and O–H groups in total. The molecule has 0 unspecified atom stereocenters. The Balaban J connectivity index is 3.24. The van der Waals surface area contributed by atoms with Gasteiger partial charge < -0.3 is 0 Å². The van der Waals surface area contributed by atoms with Gasteiger partial charge in [-0.25, -0.2) is 0 Å². The molecule has 0 heterocycles. The number of hydrogen-bond donors (Lipinski definition) is 1. The molecule has 1 rings (SSSR count). The van der Waals surface area contributed by atoms with E-state index >= 15 is 0 Å². The second-order valence-electron chi connectivity index (χ2n) is 2.64. The van der Waals surface area contributed by atoms with Crippen LogP contribution in [-0.2, 0) is 4.79 Å². The summed E-state index contributed by atoms with van der Waals surface area (Å²) < 4.78 is 0. The van der Waals surface area contributed by atoms with Crippen LogP contribution in [0.2, 0.25) is 0 Å². The SMILES string of the molecule is C=C/C=C1/C(=O)C(=N)C=C/C1=C/C. The Kier molecular flexibility index (Phi) is 2.75. The van der Waals surface area contributed by atoms with Crippen molar-refractivity contribution in [2.75, 3.05) is 0 Å². The smallest absolute Gasteiger partial charge is 0.211 e. The van der Waals surface area contributed by atoms with Crippen LogP contribution in [0.4, 0.5) is 0 Å². The van der Waals surface area contributed by atoms with Crippen molar-refractivity contribution >= 4 is 11.5 Å².